The van der Waals surface area contributed by atoms with E-state index in [0.717, 1.165) is 11.0 Å². The molecule has 0 radical (unpaired) electrons. The number of nitrogens with zero attached hydrogens (tertiary/aromatic N) is 1. The number of rotatable bonds is 0. The van der Waals surface area contributed by atoms with Gasteiger partial charge >= 0.3 is 7.12 Å². The van der Waals surface area contributed by atoms with E-state index in [4.69, 9.17) is 11.2 Å². The van der Waals surface area contributed by atoms with Gasteiger partial charge in [-0.1, -0.05) is 18.2 Å². The molecule has 0 saturated heterocycles. The van der Waals surface area contributed by atoms with E-state index in [1.54, 1.807) is 12.1 Å². The summed E-state index contributed by atoms with van der Waals surface area (Å²) in [5, 5.41) is 9.28. The Morgan fingerprint density at radius 1 is 1.58 bits per heavy atom. The van der Waals surface area contributed by atoms with Crippen molar-refractivity contribution in [3.8, 4) is 0 Å². The van der Waals surface area contributed by atoms with Crippen molar-refractivity contribution in [1.82, 2.24) is 0 Å². The molecule has 0 fully saturated rings. The number of benzene rings is 1. The van der Waals surface area contributed by atoms with Crippen molar-refractivity contribution in [2.75, 3.05) is 0 Å². The van der Waals surface area contributed by atoms with Gasteiger partial charge in [-0.15, -0.1) is 0 Å². The Morgan fingerprint density at radius 2 is 2.42 bits per heavy atom. The first-order valence-corrected chi connectivity index (χ1v) is 3.61. The van der Waals surface area contributed by atoms with E-state index in [-0.39, 0.29) is 0 Å². The summed E-state index contributed by atoms with van der Waals surface area (Å²) in [6.45, 7) is 7.21. The van der Waals surface area contributed by atoms with Crippen molar-refractivity contribution < 1.29 is 9.68 Å². The predicted octanol–water partition coefficient (Wildman–Crippen LogP) is 0.455. The minimum Gasteiger partial charge on any atom is -0.423 e. The normalized spacial score (nSPS) is 14.2. The van der Waals surface area contributed by atoms with E-state index in [2.05, 4.69) is 4.85 Å². The first kappa shape index (κ1) is 7.35. The molecule has 2 rings (SSSR count). The van der Waals surface area contributed by atoms with Crippen LogP contribution in [0.1, 0.15) is 5.56 Å². The van der Waals surface area contributed by atoms with E-state index in [1.165, 1.54) is 0 Å². The van der Waals surface area contributed by atoms with Gasteiger partial charge in [-0.2, -0.15) is 0 Å². The van der Waals surface area contributed by atoms with Crippen molar-refractivity contribution >= 4 is 18.3 Å². The Balaban J connectivity index is 2.52. The first-order valence-electron chi connectivity index (χ1n) is 3.61. The molecule has 0 atom stereocenters. The molecule has 0 bridgehead atoms. The molecule has 0 aromatic heterocycles. The van der Waals surface area contributed by atoms with Crippen LogP contribution in [0.5, 0.6) is 0 Å². The van der Waals surface area contributed by atoms with E-state index >= 15 is 0 Å². The molecule has 0 spiro atoms. The van der Waals surface area contributed by atoms with Gasteiger partial charge in [-0.05, 0) is 11.0 Å². The summed E-state index contributed by atoms with van der Waals surface area (Å²) < 4.78 is 4.98. The van der Waals surface area contributed by atoms with Crippen molar-refractivity contribution in [1.29, 1.82) is 0 Å². The smallest absolute Gasteiger partial charge is 0.423 e. The van der Waals surface area contributed by atoms with Crippen LogP contribution < -0.4 is 5.46 Å². The first-order chi connectivity index (χ1) is 5.81. The van der Waals surface area contributed by atoms with Crippen molar-refractivity contribution in [2.24, 2.45) is 0 Å². The van der Waals surface area contributed by atoms with E-state index in [0.29, 0.717) is 12.3 Å². The zero-order valence-electron chi connectivity index (χ0n) is 6.32. The van der Waals surface area contributed by atoms with Gasteiger partial charge < -0.3 is 9.68 Å². The van der Waals surface area contributed by atoms with Crippen LogP contribution in [-0.4, -0.2) is 12.1 Å². The molecule has 1 aliphatic rings. The third-order valence-corrected chi connectivity index (χ3v) is 1.92. The molecule has 12 heavy (non-hydrogen) atoms. The monoisotopic (exact) mass is 159 g/mol. The average Bonchev–Trinajstić information content (AvgIpc) is 2.47. The van der Waals surface area contributed by atoms with Crippen LogP contribution in [0.3, 0.4) is 0 Å². The highest BCUT2D eigenvalue weighted by Crippen LogP contribution is 2.16. The number of hydrogen-bond donors (Lipinski definition) is 1. The molecule has 4 heteroatoms. The topological polar surface area (TPSA) is 33.8 Å². The largest absolute Gasteiger partial charge is 0.490 e. The lowest BCUT2D eigenvalue weighted by Crippen LogP contribution is -2.27. The van der Waals surface area contributed by atoms with Crippen LogP contribution in [0, 0.1) is 6.57 Å². The highest BCUT2D eigenvalue weighted by molar-refractivity contribution is 6.61. The summed E-state index contributed by atoms with van der Waals surface area (Å²) in [7, 11) is -0.846. The lowest BCUT2D eigenvalue weighted by molar-refractivity contribution is 0.275. The maximum Gasteiger partial charge on any atom is 0.490 e. The molecule has 58 valence electrons. The Labute approximate surface area is 70.6 Å². The van der Waals surface area contributed by atoms with Crippen LogP contribution in [0.2, 0.25) is 0 Å². The zero-order valence-corrected chi connectivity index (χ0v) is 6.32. The van der Waals surface area contributed by atoms with Gasteiger partial charge in [0.15, 0.2) is 5.69 Å². The highest BCUT2D eigenvalue weighted by Gasteiger charge is 2.26. The van der Waals surface area contributed by atoms with Crippen LogP contribution in [-0.2, 0) is 11.3 Å². The molecule has 1 aliphatic heterocycles. The molecule has 3 nitrogen and oxygen atoms in total. The standard InChI is InChI=1S/C8H6BNO2/c1-10-7-3-2-6-5-12-9(11)8(6)4-7/h2-4,11H,5H2. The second-order valence-electron chi connectivity index (χ2n) is 2.66. The number of fused-ring (bicyclic) bond motifs is 1. The summed E-state index contributed by atoms with van der Waals surface area (Å²) >= 11 is 0. The maximum atomic E-state index is 9.28. The van der Waals surface area contributed by atoms with Gasteiger partial charge in [-0.3, -0.25) is 0 Å². The molecule has 0 unspecified atom stereocenters. The molecule has 1 heterocycles. The Kier molecular flexibility index (Phi) is 1.61. The molecule has 1 aromatic rings. The summed E-state index contributed by atoms with van der Waals surface area (Å²) in [6, 6.07) is 5.21. The zero-order chi connectivity index (χ0) is 8.55. The van der Waals surface area contributed by atoms with E-state index in [1.807, 2.05) is 6.07 Å². The lowest BCUT2D eigenvalue weighted by Gasteiger charge is -1.96. The molecule has 1 N–H and O–H groups in total. The number of hydrogen-bond acceptors (Lipinski definition) is 2. The Hall–Kier alpha value is -1.31. The molecular formula is C8H6BNO2. The SMILES string of the molecule is [C-]#[N+]c1ccc2c(c1)B(O)OC2. The maximum absolute atomic E-state index is 9.28. The Bertz CT molecular complexity index is 359. The van der Waals surface area contributed by atoms with Gasteiger partial charge in [0.2, 0.25) is 0 Å². The minimum absolute atomic E-state index is 0.439. The van der Waals surface area contributed by atoms with E-state index in [9.17, 15) is 5.02 Å². The second kappa shape index (κ2) is 2.63. The Morgan fingerprint density at radius 3 is 3.17 bits per heavy atom. The minimum atomic E-state index is -0.846. The van der Waals surface area contributed by atoms with Crippen LogP contribution in [0.15, 0.2) is 18.2 Å². The van der Waals surface area contributed by atoms with Gasteiger partial charge in [0.25, 0.3) is 0 Å². The third kappa shape index (κ3) is 1.000. The second-order valence-corrected chi connectivity index (χ2v) is 2.66. The fourth-order valence-corrected chi connectivity index (χ4v) is 1.27. The van der Waals surface area contributed by atoms with Gasteiger partial charge in [-0.25, -0.2) is 4.85 Å². The lowest BCUT2D eigenvalue weighted by atomic mass is 9.79. The van der Waals surface area contributed by atoms with Gasteiger partial charge in [0.1, 0.15) is 0 Å². The highest BCUT2D eigenvalue weighted by atomic mass is 16.5. The van der Waals surface area contributed by atoms with Gasteiger partial charge in [0.05, 0.1) is 13.2 Å². The van der Waals surface area contributed by atoms with Crippen molar-refractivity contribution in [3.63, 3.8) is 0 Å². The van der Waals surface area contributed by atoms with Crippen LogP contribution in [0.25, 0.3) is 4.85 Å². The summed E-state index contributed by atoms with van der Waals surface area (Å²) in [6.07, 6.45) is 0. The summed E-state index contributed by atoms with van der Waals surface area (Å²) in [5.74, 6) is 0. The van der Waals surface area contributed by atoms with Crippen LogP contribution in [0.4, 0.5) is 5.69 Å². The molecular weight excluding hydrogens is 153 g/mol. The van der Waals surface area contributed by atoms with Crippen molar-refractivity contribution in [2.45, 2.75) is 6.61 Å². The summed E-state index contributed by atoms with van der Waals surface area (Å²) in [5.41, 5.74) is 2.23. The molecule has 0 saturated carbocycles. The predicted molar refractivity (Wildman–Crippen MR) is 45.1 cm³/mol. The fourth-order valence-electron chi connectivity index (χ4n) is 1.27. The van der Waals surface area contributed by atoms with Gasteiger partial charge in [0, 0.05) is 0 Å². The fraction of sp³-hybridized carbons (Fsp3) is 0.125. The van der Waals surface area contributed by atoms with E-state index < -0.39 is 7.12 Å². The molecule has 1 aromatic carbocycles. The quantitative estimate of drug-likeness (QED) is 0.440. The third-order valence-electron chi connectivity index (χ3n) is 1.92. The van der Waals surface area contributed by atoms with Crippen LogP contribution >= 0.6 is 0 Å². The van der Waals surface area contributed by atoms with Crippen molar-refractivity contribution in [3.05, 3.63) is 35.2 Å². The summed E-state index contributed by atoms with van der Waals surface area (Å²) in [4.78, 5) is 3.27. The average molecular weight is 159 g/mol. The molecule has 0 aliphatic carbocycles. The molecule has 0 amide bonds.